The van der Waals surface area contributed by atoms with E-state index in [1.165, 1.54) is 11.1 Å². The average molecular weight is 493 g/mol. The molecule has 0 saturated carbocycles. The molecule has 1 atom stereocenters. The summed E-state index contributed by atoms with van der Waals surface area (Å²) in [4.78, 5) is 19.0. The molecule has 1 unspecified atom stereocenters. The van der Waals surface area contributed by atoms with Crippen molar-refractivity contribution in [1.29, 1.82) is 0 Å². The van der Waals surface area contributed by atoms with E-state index >= 15 is 0 Å². The molecule has 0 aliphatic carbocycles. The number of hydrogen-bond acceptors (Lipinski definition) is 6. The number of rotatable bonds is 6. The first-order valence-electron chi connectivity index (χ1n) is 12.4. The molecule has 5 aromatic rings. The molecule has 37 heavy (non-hydrogen) atoms. The van der Waals surface area contributed by atoms with Crippen molar-refractivity contribution in [3.05, 3.63) is 117 Å². The van der Waals surface area contributed by atoms with Gasteiger partial charge in [0.05, 0.1) is 19.2 Å². The van der Waals surface area contributed by atoms with Gasteiger partial charge in [-0.1, -0.05) is 54.6 Å². The number of hydrogen-bond donors (Lipinski definition) is 1. The van der Waals surface area contributed by atoms with Gasteiger partial charge in [-0.25, -0.2) is 4.68 Å². The van der Waals surface area contributed by atoms with Crippen molar-refractivity contribution in [3.8, 4) is 5.75 Å². The summed E-state index contributed by atoms with van der Waals surface area (Å²) in [6, 6.07) is 24.0. The number of ether oxygens (including phenoxy) is 1. The maximum atomic E-state index is 13.6. The van der Waals surface area contributed by atoms with Crippen LogP contribution in [0.4, 0.5) is 0 Å². The van der Waals surface area contributed by atoms with Crippen molar-refractivity contribution in [3.63, 3.8) is 0 Å². The number of methoxy groups -OCH3 is 1. The normalized spacial score (nSPS) is 14.4. The number of fused-ring (bicyclic) bond motifs is 2. The van der Waals surface area contributed by atoms with Crippen LogP contribution in [0.1, 0.15) is 39.7 Å². The van der Waals surface area contributed by atoms with Gasteiger partial charge in [0.1, 0.15) is 11.8 Å². The number of aromatic amines is 1. The molecule has 1 aliphatic rings. The van der Waals surface area contributed by atoms with Crippen molar-refractivity contribution >= 4 is 10.9 Å². The van der Waals surface area contributed by atoms with Gasteiger partial charge >= 0.3 is 0 Å². The molecule has 0 fully saturated rings. The van der Waals surface area contributed by atoms with E-state index < -0.39 is 6.04 Å². The van der Waals surface area contributed by atoms with Crippen LogP contribution >= 0.6 is 0 Å². The molecule has 186 valence electrons. The SMILES string of the molecule is COc1ccc(Cn2nnnc2C(c2cc3cccc(C)c3[nH]c2=O)N2CCc3ccccc3C2)cc1. The predicted octanol–water partition coefficient (Wildman–Crippen LogP) is 4.03. The lowest BCUT2D eigenvalue weighted by Gasteiger charge is -2.34. The Balaban J connectivity index is 1.46. The largest absolute Gasteiger partial charge is 0.497 e. The molecule has 0 amide bonds. The van der Waals surface area contributed by atoms with E-state index in [1.807, 2.05) is 55.5 Å². The first kappa shape index (κ1) is 23.1. The quantitative estimate of drug-likeness (QED) is 0.385. The molecule has 0 bridgehead atoms. The minimum absolute atomic E-state index is 0.121. The van der Waals surface area contributed by atoms with Crippen molar-refractivity contribution < 1.29 is 4.74 Å². The zero-order valence-corrected chi connectivity index (χ0v) is 20.9. The summed E-state index contributed by atoms with van der Waals surface area (Å²) in [6.45, 7) is 3.99. The number of nitrogens with one attached hydrogen (secondary N) is 1. The number of aromatic nitrogens is 5. The van der Waals surface area contributed by atoms with Gasteiger partial charge in [-0.3, -0.25) is 9.69 Å². The number of H-pyrrole nitrogens is 1. The highest BCUT2D eigenvalue weighted by Gasteiger charge is 2.32. The molecule has 3 heterocycles. The van der Waals surface area contributed by atoms with E-state index in [0.717, 1.165) is 40.7 Å². The smallest absolute Gasteiger partial charge is 0.253 e. The van der Waals surface area contributed by atoms with E-state index in [4.69, 9.17) is 4.74 Å². The maximum Gasteiger partial charge on any atom is 0.253 e. The van der Waals surface area contributed by atoms with Gasteiger partial charge < -0.3 is 9.72 Å². The van der Waals surface area contributed by atoms with Crippen LogP contribution in [0.25, 0.3) is 10.9 Å². The maximum absolute atomic E-state index is 13.6. The van der Waals surface area contributed by atoms with Gasteiger partial charge in [-0.05, 0) is 69.6 Å². The molecule has 0 spiro atoms. The molecule has 1 N–H and O–H groups in total. The molecule has 2 aromatic heterocycles. The van der Waals surface area contributed by atoms with Crippen molar-refractivity contribution in [2.24, 2.45) is 0 Å². The van der Waals surface area contributed by atoms with Gasteiger partial charge in [-0.2, -0.15) is 0 Å². The van der Waals surface area contributed by atoms with Gasteiger partial charge in [-0.15, -0.1) is 5.10 Å². The standard InChI is InChI=1S/C29H28N6O2/c1-19-6-5-9-22-16-25(29(36)30-26(19)22)27(34-15-14-21-7-3-4-8-23(21)18-34)28-31-32-33-35(28)17-20-10-12-24(37-2)13-11-20/h3-13,16,27H,14-15,17-18H2,1-2H3,(H,30,36). The molecule has 6 rings (SSSR count). The summed E-state index contributed by atoms with van der Waals surface area (Å²) in [7, 11) is 1.65. The van der Waals surface area contributed by atoms with E-state index in [9.17, 15) is 4.79 Å². The minimum Gasteiger partial charge on any atom is -0.497 e. The van der Waals surface area contributed by atoms with Gasteiger partial charge in [0, 0.05) is 18.7 Å². The molecule has 8 heteroatoms. The number of aryl methyl sites for hydroxylation is 1. The number of para-hydroxylation sites is 1. The van der Waals surface area contributed by atoms with Crippen molar-refractivity contribution in [2.75, 3.05) is 13.7 Å². The second kappa shape index (κ2) is 9.63. The van der Waals surface area contributed by atoms with E-state index in [1.54, 1.807) is 11.8 Å². The summed E-state index contributed by atoms with van der Waals surface area (Å²) in [6.07, 6.45) is 0.900. The fourth-order valence-electron chi connectivity index (χ4n) is 5.26. The highest BCUT2D eigenvalue weighted by atomic mass is 16.5. The Morgan fingerprint density at radius 2 is 1.84 bits per heavy atom. The van der Waals surface area contributed by atoms with Crippen LogP contribution in [0.5, 0.6) is 5.75 Å². The molecule has 1 aliphatic heterocycles. The lowest BCUT2D eigenvalue weighted by molar-refractivity contribution is 0.194. The predicted molar refractivity (Wildman–Crippen MR) is 142 cm³/mol. The van der Waals surface area contributed by atoms with E-state index in [-0.39, 0.29) is 5.56 Å². The molecular formula is C29H28N6O2. The third-order valence-electron chi connectivity index (χ3n) is 7.23. The monoisotopic (exact) mass is 492 g/mol. The van der Waals surface area contributed by atoms with E-state index in [2.05, 4.69) is 49.7 Å². The van der Waals surface area contributed by atoms with E-state index in [0.29, 0.717) is 24.5 Å². The number of tetrazole rings is 1. The third-order valence-corrected chi connectivity index (χ3v) is 7.23. The lowest BCUT2D eigenvalue weighted by atomic mass is 9.95. The average Bonchev–Trinajstić information content (AvgIpc) is 3.37. The van der Waals surface area contributed by atoms with Crippen LogP contribution in [0.15, 0.2) is 77.6 Å². The van der Waals surface area contributed by atoms with Gasteiger partial charge in [0.2, 0.25) is 0 Å². The second-order valence-electron chi connectivity index (χ2n) is 9.53. The van der Waals surface area contributed by atoms with Crippen LogP contribution < -0.4 is 10.3 Å². The van der Waals surface area contributed by atoms with Gasteiger partial charge in [0.15, 0.2) is 5.82 Å². The Labute approximate surface area is 214 Å². The Bertz CT molecular complexity index is 1620. The molecule has 3 aromatic carbocycles. The lowest BCUT2D eigenvalue weighted by Crippen LogP contribution is -2.38. The first-order chi connectivity index (χ1) is 18.1. The zero-order valence-electron chi connectivity index (χ0n) is 20.9. The highest BCUT2D eigenvalue weighted by Crippen LogP contribution is 2.32. The molecule has 0 saturated heterocycles. The van der Waals surface area contributed by atoms with Crippen LogP contribution in [-0.4, -0.2) is 43.7 Å². The summed E-state index contributed by atoms with van der Waals surface area (Å²) >= 11 is 0. The summed E-state index contributed by atoms with van der Waals surface area (Å²) in [5.41, 5.74) is 6.07. The summed E-state index contributed by atoms with van der Waals surface area (Å²) in [5, 5.41) is 13.8. The highest BCUT2D eigenvalue weighted by molar-refractivity contribution is 5.82. The molecule has 0 radical (unpaired) electrons. The van der Waals surface area contributed by atoms with Crippen LogP contribution in [0, 0.1) is 6.92 Å². The number of nitrogens with zero attached hydrogens (tertiary/aromatic N) is 5. The van der Waals surface area contributed by atoms with Crippen molar-refractivity contribution in [1.82, 2.24) is 30.1 Å². The van der Waals surface area contributed by atoms with Crippen LogP contribution in [0.3, 0.4) is 0 Å². The first-order valence-corrected chi connectivity index (χ1v) is 12.4. The fourth-order valence-corrected chi connectivity index (χ4v) is 5.26. The third kappa shape index (κ3) is 4.40. The molecule has 8 nitrogen and oxygen atoms in total. The Hall–Kier alpha value is -4.30. The van der Waals surface area contributed by atoms with Gasteiger partial charge in [0.25, 0.3) is 5.56 Å². The second-order valence-corrected chi connectivity index (χ2v) is 9.53. The Morgan fingerprint density at radius 3 is 2.65 bits per heavy atom. The Morgan fingerprint density at radius 1 is 1.03 bits per heavy atom. The Kier molecular flexibility index (Phi) is 6.02. The van der Waals surface area contributed by atoms with Crippen molar-refractivity contribution in [2.45, 2.75) is 32.5 Å². The molecular weight excluding hydrogens is 464 g/mol. The van der Waals surface area contributed by atoms with Crippen LogP contribution in [-0.2, 0) is 19.5 Å². The minimum atomic E-state index is -0.407. The van der Waals surface area contributed by atoms with Crippen LogP contribution in [0.2, 0.25) is 0 Å². The summed E-state index contributed by atoms with van der Waals surface area (Å²) < 4.78 is 7.10. The summed E-state index contributed by atoms with van der Waals surface area (Å²) in [5.74, 6) is 1.44. The fraction of sp³-hybridized carbons (Fsp3) is 0.241. The number of pyridine rings is 1. The zero-order chi connectivity index (χ0) is 25.4. The topological polar surface area (TPSA) is 88.9 Å². The number of benzene rings is 3.